The Morgan fingerprint density at radius 3 is 2.23 bits per heavy atom. The fraction of sp³-hybridized carbons (Fsp3) is 0.455. The zero-order valence-corrected chi connectivity index (χ0v) is 10.1. The third-order valence-electron chi connectivity index (χ3n) is 1.44. The highest BCUT2D eigenvalue weighted by molar-refractivity contribution is 9.10. The number of benzene rings is 1. The lowest BCUT2D eigenvalue weighted by atomic mass is 10.2. The molecule has 0 amide bonds. The van der Waals surface area contributed by atoms with Gasteiger partial charge in [0.05, 0.1) is 0 Å². The lowest BCUT2D eigenvalue weighted by molar-refractivity contribution is 0.131. The monoisotopic (exact) mass is 242 g/mol. The molecular formula is C11H15BrO. The van der Waals surface area contributed by atoms with E-state index >= 15 is 0 Å². The molecule has 1 aromatic carbocycles. The van der Waals surface area contributed by atoms with Crippen molar-refractivity contribution in [3.05, 3.63) is 28.2 Å². The Morgan fingerprint density at radius 1 is 1.15 bits per heavy atom. The van der Waals surface area contributed by atoms with Crippen LogP contribution in [-0.2, 0) is 0 Å². The minimum Gasteiger partial charge on any atom is -0.488 e. The van der Waals surface area contributed by atoms with E-state index in [1.807, 2.05) is 32.9 Å². The van der Waals surface area contributed by atoms with Crippen molar-refractivity contribution in [3.63, 3.8) is 0 Å². The maximum absolute atomic E-state index is 5.73. The molecule has 0 aliphatic carbocycles. The molecule has 0 bridgehead atoms. The highest BCUT2D eigenvalue weighted by Crippen LogP contribution is 2.24. The second-order valence-corrected chi connectivity index (χ2v) is 5.09. The Labute approximate surface area is 88.2 Å². The smallest absolute Gasteiger partial charge is 0.121 e. The van der Waals surface area contributed by atoms with E-state index in [1.54, 1.807) is 0 Å². The summed E-state index contributed by atoms with van der Waals surface area (Å²) >= 11 is 3.44. The lowest BCUT2D eigenvalue weighted by Crippen LogP contribution is -2.22. The van der Waals surface area contributed by atoms with Gasteiger partial charge in [0, 0.05) is 4.47 Å². The summed E-state index contributed by atoms with van der Waals surface area (Å²) in [4.78, 5) is 0. The molecule has 13 heavy (non-hydrogen) atoms. The van der Waals surface area contributed by atoms with E-state index < -0.39 is 0 Å². The zero-order valence-electron chi connectivity index (χ0n) is 8.52. The van der Waals surface area contributed by atoms with E-state index in [0.717, 1.165) is 10.2 Å². The van der Waals surface area contributed by atoms with Gasteiger partial charge in [-0.2, -0.15) is 0 Å². The summed E-state index contributed by atoms with van der Waals surface area (Å²) in [6.07, 6.45) is 0. The molecule has 0 unspecified atom stereocenters. The van der Waals surface area contributed by atoms with Crippen molar-refractivity contribution in [2.75, 3.05) is 0 Å². The van der Waals surface area contributed by atoms with Gasteiger partial charge >= 0.3 is 0 Å². The number of hydrogen-bond acceptors (Lipinski definition) is 1. The Bertz CT molecular complexity index is 279. The van der Waals surface area contributed by atoms with Crippen LogP contribution in [0, 0.1) is 6.92 Å². The van der Waals surface area contributed by atoms with E-state index in [9.17, 15) is 0 Å². The molecule has 0 saturated carbocycles. The highest BCUT2D eigenvalue weighted by Gasteiger charge is 2.11. The predicted octanol–water partition coefficient (Wildman–Crippen LogP) is 3.93. The van der Waals surface area contributed by atoms with Crippen LogP contribution in [0.5, 0.6) is 5.75 Å². The Balaban J connectivity index is 2.90. The Hall–Kier alpha value is -0.500. The van der Waals surface area contributed by atoms with E-state index in [1.165, 1.54) is 5.56 Å². The van der Waals surface area contributed by atoms with Crippen molar-refractivity contribution >= 4 is 15.9 Å². The second kappa shape index (κ2) is 3.70. The molecule has 0 aliphatic rings. The second-order valence-electron chi connectivity index (χ2n) is 4.18. The predicted molar refractivity (Wildman–Crippen MR) is 59.3 cm³/mol. The summed E-state index contributed by atoms with van der Waals surface area (Å²) in [6.45, 7) is 8.19. The van der Waals surface area contributed by atoms with E-state index in [2.05, 4.69) is 28.9 Å². The van der Waals surface area contributed by atoms with Gasteiger partial charge in [0.1, 0.15) is 11.4 Å². The van der Waals surface area contributed by atoms with Gasteiger partial charge in [0.2, 0.25) is 0 Å². The number of ether oxygens (including phenoxy) is 1. The van der Waals surface area contributed by atoms with Gasteiger partial charge in [0.25, 0.3) is 0 Å². The van der Waals surface area contributed by atoms with E-state index in [0.29, 0.717) is 0 Å². The quantitative estimate of drug-likeness (QED) is 0.726. The SMILES string of the molecule is Cc1cc(Br)cc(OC(C)(C)C)c1. The molecule has 1 rings (SSSR count). The molecule has 0 fully saturated rings. The molecule has 0 heterocycles. The summed E-state index contributed by atoms with van der Waals surface area (Å²) in [7, 11) is 0. The molecule has 2 heteroatoms. The first-order chi connectivity index (χ1) is 5.87. The average molecular weight is 243 g/mol. The minimum atomic E-state index is -0.132. The van der Waals surface area contributed by atoms with Gasteiger partial charge in [-0.25, -0.2) is 0 Å². The van der Waals surface area contributed by atoms with Crippen LogP contribution in [0.1, 0.15) is 26.3 Å². The minimum absolute atomic E-state index is 0.132. The van der Waals surface area contributed by atoms with Crippen molar-refractivity contribution in [1.29, 1.82) is 0 Å². The van der Waals surface area contributed by atoms with Crippen LogP contribution >= 0.6 is 15.9 Å². The van der Waals surface area contributed by atoms with Crippen LogP contribution in [-0.4, -0.2) is 5.60 Å². The van der Waals surface area contributed by atoms with Gasteiger partial charge < -0.3 is 4.74 Å². The van der Waals surface area contributed by atoms with Crippen molar-refractivity contribution in [2.45, 2.75) is 33.3 Å². The first kappa shape index (κ1) is 10.6. The molecule has 0 spiro atoms. The van der Waals surface area contributed by atoms with Crippen molar-refractivity contribution < 1.29 is 4.74 Å². The Morgan fingerprint density at radius 2 is 1.77 bits per heavy atom. The normalized spacial score (nSPS) is 11.5. The van der Waals surface area contributed by atoms with Crippen molar-refractivity contribution in [2.24, 2.45) is 0 Å². The first-order valence-corrected chi connectivity index (χ1v) is 5.12. The molecule has 72 valence electrons. The molecular weight excluding hydrogens is 228 g/mol. The van der Waals surface area contributed by atoms with E-state index in [4.69, 9.17) is 4.74 Å². The molecule has 0 N–H and O–H groups in total. The van der Waals surface area contributed by atoms with Gasteiger partial charge in [-0.15, -0.1) is 0 Å². The summed E-state index contributed by atoms with van der Waals surface area (Å²) in [5.74, 6) is 0.916. The number of rotatable bonds is 1. The van der Waals surface area contributed by atoms with Crippen molar-refractivity contribution in [3.8, 4) is 5.75 Å². The largest absolute Gasteiger partial charge is 0.488 e. The van der Waals surface area contributed by atoms with Crippen LogP contribution in [0.4, 0.5) is 0 Å². The zero-order chi connectivity index (χ0) is 10.1. The Kier molecular flexibility index (Phi) is 3.01. The van der Waals surface area contributed by atoms with Crippen molar-refractivity contribution in [1.82, 2.24) is 0 Å². The summed E-state index contributed by atoms with van der Waals surface area (Å²) < 4.78 is 6.80. The molecule has 1 nitrogen and oxygen atoms in total. The third kappa shape index (κ3) is 3.81. The third-order valence-corrected chi connectivity index (χ3v) is 1.90. The van der Waals surface area contributed by atoms with Gasteiger partial charge in [0.15, 0.2) is 0 Å². The molecule has 0 aliphatic heterocycles. The number of aryl methyl sites for hydroxylation is 1. The van der Waals surface area contributed by atoms with Gasteiger partial charge in [-0.05, 0) is 51.5 Å². The number of hydrogen-bond donors (Lipinski definition) is 0. The molecule has 0 saturated heterocycles. The first-order valence-electron chi connectivity index (χ1n) is 4.33. The van der Waals surface area contributed by atoms with Crippen LogP contribution in [0.15, 0.2) is 22.7 Å². The fourth-order valence-electron chi connectivity index (χ4n) is 1.12. The molecule has 1 aromatic rings. The van der Waals surface area contributed by atoms with Crippen LogP contribution in [0.25, 0.3) is 0 Å². The average Bonchev–Trinajstić information content (AvgIpc) is 1.78. The van der Waals surface area contributed by atoms with Gasteiger partial charge in [-0.3, -0.25) is 0 Å². The fourth-order valence-corrected chi connectivity index (χ4v) is 1.70. The van der Waals surface area contributed by atoms with Crippen LogP contribution in [0.2, 0.25) is 0 Å². The molecule has 0 atom stereocenters. The summed E-state index contributed by atoms with van der Waals surface area (Å²) in [5.41, 5.74) is 1.07. The highest BCUT2D eigenvalue weighted by atomic mass is 79.9. The maximum Gasteiger partial charge on any atom is 0.121 e. The summed E-state index contributed by atoms with van der Waals surface area (Å²) in [6, 6.07) is 6.09. The molecule has 0 radical (unpaired) electrons. The summed E-state index contributed by atoms with van der Waals surface area (Å²) in [5, 5.41) is 0. The number of halogens is 1. The van der Waals surface area contributed by atoms with Crippen LogP contribution < -0.4 is 4.74 Å². The lowest BCUT2D eigenvalue weighted by Gasteiger charge is -2.21. The standard InChI is InChI=1S/C11H15BrO/c1-8-5-9(12)7-10(6-8)13-11(2,3)4/h5-7H,1-4H3. The maximum atomic E-state index is 5.73. The molecule has 0 aromatic heterocycles. The topological polar surface area (TPSA) is 9.23 Å². The van der Waals surface area contributed by atoms with Crippen LogP contribution in [0.3, 0.4) is 0 Å². The van der Waals surface area contributed by atoms with Gasteiger partial charge in [-0.1, -0.05) is 15.9 Å². The van der Waals surface area contributed by atoms with E-state index in [-0.39, 0.29) is 5.60 Å².